The van der Waals surface area contributed by atoms with Crippen molar-refractivity contribution >= 4 is 29.1 Å². The number of amides is 3. The Morgan fingerprint density at radius 2 is 2.07 bits per heavy atom. The summed E-state index contributed by atoms with van der Waals surface area (Å²) in [5.41, 5.74) is -0.573. The van der Waals surface area contributed by atoms with E-state index in [0.717, 1.165) is 12.8 Å². The average Bonchev–Trinajstić information content (AvgIpc) is 3.35. The zero-order valence-electron chi connectivity index (χ0n) is 17.9. The van der Waals surface area contributed by atoms with Gasteiger partial charge in [0.15, 0.2) is 5.69 Å². The Morgan fingerprint density at radius 3 is 2.73 bits per heavy atom. The summed E-state index contributed by atoms with van der Waals surface area (Å²) in [6.45, 7) is 7.14. The van der Waals surface area contributed by atoms with Gasteiger partial charge in [0.25, 0.3) is 11.8 Å². The van der Waals surface area contributed by atoms with Crippen LogP contribution in [0.4, 0.5) is 0 Å². The third-order valence-electron chi connectivity index (χ3n) is 5.47. The first-order valence-corrected chi connectivity index (χ1v) is 11.0. The van der Waals surface area contributed by atoms with E-state index in [9.17, 15) is 14.4 Å². The lowest BCUT2D eigenvalue weighted by Gasteiger charge is -2.40. The lowest BCUT2D eigenvalue weighted by atomic mass is 9.95. The Kier molecular flexibility index (Phi) is 6.60. The van der Waals surface area contributed by atoms with Crippen LogP contribution < -0.4 is 10.6 Å². The SMILES string of the molecule is CC(C)CCNC(=O)[C@@]1(C)Cn2nc(C(=O)NCCc3cccs3)cc2C(=O)N1C. The first-order chi connectivity index (χ1) is 14.2. The fourth-order valence-corrected chi connectivity index (χ4v) is 4.06. The van der Waals surface area contributed by atoms with Crippen LogP contribution in [0.1, 0.15) is 53.0 Å². The molecule has 0 aromatic carbocycles. The van der Waals surface area contributed by atoms with Gasteiger partial charge in [0.05, 0.1) is 6.54 Å². The lowest BCUT2D eigenvalue weighted by Crippen LogP contribution is -2.62. The summed E-state index contributed by atoms with van der Waals surface area (Å²) in [5, 5.41) is 12.1. The minimum absolute atomic E-state index is 0.183. The molecule has 8 nitrogen and oxygen atoms in total. The Labute approximate surface area is 180 Å². The molecule has 1 aliphatic heterocycles. The van der Waals surface area contributed by atoms with E-state index in [1.807, 2.05) is 17.5 Å². The fourth-order valence-electron chi connectivity index (χ4n) is 3.35. The standard InChI is InChI=1S/C21H29N5O3S/c1-14(2)7-9-23-20(29)21(3)13-26-17(19(28)25(21)4)12-16(24-26)18(27)22-10-8-15-6-5-11-30-15/h5-6,11-12,14H,7-10,13H2,1-4H3,(H,22,27)(H,23,29)/t21-/m1/s1. The highest BCUT2D eigenvalue weighted by Crippen LogP contribution is 2.26. The van der Waals surface area contributed by atoms with Gasteiger partial charge < -0.3 is 15.5 Å². The van der Waals surface area contributed by atoms with Gasteiger partial charge in [-0.25, -0.2) is 0 Å². The van der Waals surface area contributed by atoms with Gasteiger partial charge in [0.2, 0.25) is 5.91 Å². The number of rotatable bonds is 8. The minimum Gasteiger partial charge on any atom is -0.354 e. The van der Waals surface area contributed by atoms with Gasteiger partial charge in [-0.05, 0) is 37.1 Å². The van der Waals surface area contributed by atoms with Crippen LogP contribution in [0.2, 0.25) is 0 Å². The van der Waals surface area contributed by atoms with Crippen molar-refractivity contribution in [3.05, 3.63) is 39.8 Å². The average molecular weight is 432 g/mol. The summed E-state index contributed by atoms with van der Waals surface area (Å²) in [6, 6.07) is 5.49. The van der Waals surface area contributed by atoms with Crippen LogP contribution in [0, 0.1) is 5.92 Å². The molecule has 2 aromatic rings. The van der Waals surface area contributed by atoms with Crippen LogP contribution in [0.25, 0.3) is 0 Å². The molecular formula is C21H29N5O3S. The molecule has 0 aliphatic carbocycles. The van der Waals surface area contributed by atoms with Crippen molar-refractivity contribution in [3.8, 4) is 0 Å². The maximum absolute atomic E-state index is 12.9. The predicted molar refractivity (Wildman–Crippen MR) is 116 cm³/mol. The molecule has 3 heterocycles. The smallest absolute Gasteiger partial charge is 0.272 e. The Morgan fingerprint density at radius 1 is 1.30 bits per heavy atom. The molecule has 9 heteroatoms. The van der Waals surface area contributed by atoms with Crippen LogP contribution in [0.15, 0.2) is 23.6 Å². The third-order valence-corrected chi connectivity index (χ3v) is 6.40. The predicted octanol–water partition coefficient (Wildman–Crippen LogP) is 1.92. The zero-order valence-corrected chi connectivity index (χ0v) is 18.7. The monoisotopic (exact) mass is 431 g/mol. The number of hydrogen-bond acceptors (Lipinski definition) is 5. The molecule has 2 N–H and O–H groups in total. The van der Waals surface area contributed by atoms with Crippen molar-refractivity contribution in [1.29, 1.82) is 0 Å². The van der Waals surface area contributed by atoms with Crippen molar-refractivity contribution in [2.24, 2.45) is 5.92 Å². The molecule has 0 spiro atoms. The molecule has 1 aliphatic rings. The number of aromatic nitrogens is 2. The molecule has 3 rings (SSSR count). The van der Waals surface area contributed by atoms with E-state index < -0.39 is 5.54 Å². The second-order valence-electron chi connectivity index (χ2n) is 8.23. The number of carbonyl (C=O) groups excluding carboxylic acids is 3. The van der Waals surface area contributed by atoms with E-state index in [4.69, 9.17) is 0 Å². The number of hydrogen-bond donors (Lipinski definition) is 2. The number of likely N-dealkylation sites (N-methyl/N-ethyl adjacent to an activating group) is 1. The van der Waals surface area contributed by atoms with Gasteiger partial charge in [-0.1, -0.05) is 19.9 Å². The van der Waals surface area contributed by atoms with Crippen LogP contribution in [-0.4, -0.2) is 58.1 Å². The lowest BCUT2D eigenvalue weighted by molar-refractivity contribution is -0.132. The Balaban J connectivity index is 1.68. The highest BCUT2D eigenvalue weighted by molar-refractivity contribution is 7.09. The maximum atomic E-state index is 12.9. The summed E-state index contributed by atoms with van der Waals surface area (Å²) in [6.07, 6.45) is 1.61. The molecule has 0 saturated carbocycles. The number of carbonyl (C=O) groups is 3. The Bertz CT molecular complexity index is 921. The number of nitrogens with zero attached hydrogens (tertiary/aromatic N) is 3. The molecule has 0 fully saturated rings. The van der Waals surface area contributed by atoms with Crippen molar-refractivity contribution in [1.82, 2.24) is 25.3 Å². The van der Waals surface area contributed by atoms with Crippen molar-refractivity contribution in [2.75, 3.05) is 20.1 Å². The summed E-state index contributed by atoms with van der Waals surface area (Å²) < 4.78 is 1.47. The third kappa shape index (κ3) is 4.56. The summed E-state index contributed by atoms with van der Waals surface area (Å²) >= 11 is 1.64. The molecule has 0 radical (unpaired) electrons. The van der Waals surface area contributed by atoms with Crippen molar-refractivity contribution < 1.29 is 14.4 Å². The number of nitrogens with one attached hydrogen (secondary N) is 2. The molecule has 1 atom stereocenters. The molecule has 0 unspecified atom stereocenters. The van der Waals surface area contributed by atoms with Crippen LogP contribution >= 0.6 is 11.3 Å². The zero-order chi connectivity index (χ0) is 21.9. The van der Waals surface area contributed by atoms with Crippen LogP contribution in [0.3, 0.4) is 0 Å². The minimum atomic E-state index is -1.07. The van der Waals surface area contributed by atoms with Gasteiger partial charge in [-0.15, -0.1) is 11.3 Å². The van der Waals surface area contributed by atoms with E-state index in [1.54, 1.807) is 25.3 Å². The Hall–Kier alpha value is -2.68. The quantitative estimate of drug-likeness (QED) is 0.667. The highest BCUT2D eigenvalue weighted by Gasteiger charge is 2.46. The summed E-state index contributed by atoms with van der Waals surface area (Å²) in [7, 11) is 1.61. The number of thiophene rings is 1. The molecule has 30 heavy (non-hydrogen) atoms. The molecule has 0 saturated heterocycles. The van der Waals surface area contributed by atoms with E-state index >= 15 is 0 Å². The largest absolute Gasteiger partial charge is 0.354 e. The first kappa shape index (κ1) is 22.0. The van der Waals surface area contributed by atoms with E-state index in [1.165, 1.54) is 20.5 Å². The molecule has 3 amide bonds. The molecule has 162 valence electrons. The van der Waals surface area contributed by atoms with Gasteiger partial charge in [-0.2, -0.15) is 5.10 Å². The van der Waals surface area contributed by atoms with Crippen LogP contribution in [0.5, 0.6) is 0 Å². The second-order valence-corrected chi connectivity index (χ2v) is 9.27. The molecular weight excluding hydrogens is 402 g/mol. The second kappa shape index (κ2) is 8.99. The van der Waals surface area contributed by atoms with E-state index in [0.29, 0.717) is 24.7 Å². The van der Waals surface area contributed by atoms with E-state index in [2.05, 4.69) is 29.6 Å². The van der Waals surface area contributed by atoms with Gasteiger partial charge in [-0.3, -0.25) is 19.1 Å². The fraction of sp³-hybridized carbons (Fsp3) is 0.524. The molecule has 2 aromatic heterocycles. The van der Waals surface area contributed by atoms with Gasteiger partial charge in [0, 0.05) is 31.1 Å². The maximum Gasteiger partial charge on any atom is 0.272 e. The first-order valence-electron chi connectivity index (χ1n) is 10.2. The van der Waals surface area contributed by atoms with Crippen molar-refractivity contribution in [2.45, 2.75) is 45.7 Å². The van der Waals surface area contributed by atoms with E-state index in [-0.39, 0.29) is 30.0 Å². The van der Waals surface area contributed by atoms with Gasteiger partial charge in [0.1, 0.15) is 11.2 Å². The highest BCUT2D eigenvalue weighted by atomic mass is 32.1. The summed E-state index contributed by atoms with van der Waals surface area (Å²) in [5.74, 6) is -0.399. The molecule has 0 bridgehead atoms. The normalized spacial score (nSPS) is 18.4. The van der Waals surface area contributed by atoms with Crippen LogP contribution in [-0.2, 0) is 17.8 Å². The number of fused-ring (bicyclic) bond motifs is 1. The van der Waals surface area contributed by atoms with Gasteiger partial charge >= 0.3 is 0 Å². The van der Waals surface area contributed by atoms with Crippen molar-refractivity contribution in [3.63, 3.8) is 0 Å². The topological polar surface area (TPSA) is 96.3 Å². The summed E-state index contributed by atoms with van der Waals surface area (Å²) in [4.78, 5) is 40.8.